The highest BCUT2D eigenvalue weighted by molar-refractivity contribution is 7.92. The van der Waals surface area contributed by atoms with Crippen molar-refractivity contribution in [2.24, 2.45) is 0 Å². The van der Waals surface area contributed by atoms with Crippen molar-refractivity contribution in [1.82, 2.24) is 5.32 Å². The number of nitrogens with one attached hydrogen (secondary N) is 1. The standard InChI is InChI=1S/C12H17NO2S/c1-10-5-4-6-11(9-10)16(14,15)12-7-2-3-8-13-12/h4-6,9,12-13H,2-3,7-8H2,1H3. The van der Waals surface area contributed by atoms with Crippen LogP contribution in [0.5, 0.6) is 0 Å². The van der Waals surface area contributed by atoms with Gasteiger partial charge in [-0.05, 0) is 50.4 Å². The topological polar surface area (TPSA) is 46.2 Å². The highest BCUT2D eigenvalue weighted by Crippen LogP contribution is 2.21. The van der Waals surface area contributed by atoms with E-state index in [0.717, 1.165) is 31.4 Å². The number of hydrogen-bond donors (Lipinski definition) is 1. The van der Waals surface area contributed by atoms with Crippen LogP contribution >= 0.6 is 0 Å². The SMILES string of the molecule is Cc1cccc(S(=O)(=O)C2CCCCN2)c1. The predicted octanol–water partition coefficient (Wildman–Crippen LogP) is 1.87. The summed E-state index contributed by atoms with van der Waals surface area (Å²) in [7, 11) is -3.20. The summed E-state index contributed by atoms with van der Waals surface area (Å²) in [5.41, 5.74) is 0.983. The van der Waals surface area contributed by atoms with Crippen molar-refractivity contribution in [1.29, 1.82) is 0 Å². The first-order valence-corrected chi connectivity index (χ1v) is 7.19. The molecule has 16 heavy (non-hydrogen) atoms. The summed E-state index contributed by atoms with van der Waals surface area (Å²) < 4.78 is 24.6. The third-order valence-electron chi connectivity index (χ3n) is 2.96. The zero-order chi connectivity index (χ0) is 11.6. The van der Waals surface area contributed by atoms with E-state index in [9.17, 15) is 8.42 Å². The highest BCUT2D eigenvalue weighted by Gasteiger charge is 2.28. The summed E-state index contributed by atoms with van der Waals surface area (Å²) in [5.74, 6) is 0. The summed E-state index contributed by atoms with van der Waals surface area (Å²) in [4.78, 5) is 0.437. The van der Waals surface area contributed by atoms with E-state index < -0.39 is 15.2 Å². The van der Waals surface area contributed by atoms with Crippen LogP contribution in [0.3, 0.4) is 0 Å². The van der Waals surface area contributed by atoms with Gasteiger partial charge in [0.2, 0.25) is 0 Å². The third-order valence-corrected chi connectivity index (χ3v) is 5.02. The van der Waals surface area contributed by atoms with Gasteiger partial charge in [0.25, 0.3) is 0 Å². The van der Waals surface area contributed by atoms with Gasteiger partial charge >= 0.3 is 0 Å². The lowest BCUT2D eigenvalue weighted by Crippen LogP contribution is -2.40. The van der Waals surface area contributed by atoms with E-state index in [-0.39, 0.29) is 0 Å². The molecule has 0 radical (unpaired) electrons. The summed E-state index contributed by atoms with van der Waals surface area (Å²) in [6, 6.07) is 7.13. The first-order chi connectivity index (χ1) is 7.60. The van der Waals surface area contributed by atoms with Gasteiger partial charge in [-0.25, -0.2) is 8.42 Å². The van der Waals surface area contributed by atoms with Gasteiger partial charge in [0.1, 0.15) is 5.37 Å². The molecule has 0 saturated carbocycles. The van der Waals surface area contributed by atoms with Crippen LogP contribution in [0, 0.1) is 6.92 Å². The Bertz CT molecular complexity index is 462. The summed E-state index contributed by atoms with van der Waals surface area (Å²) in [6.45, 7) is 2.71. The fourth-order valence-corrected chi connectivity index (χ4v) is 3.80. The molecule has 0 spiro atoms. The fraction of sp³-hybridized carbons (Fsp3) is 0.500. The molecule has 1 aromatic rings. The van der Waals surface area contributed by atoms with Crippen LogP contribution in [0.15, 0.2) is 29.2 Å². The smallest absolute Gasteiger partial charge is 0.194 e. The Labute approximate surface area is 96.8 Å². The second-order valence-corrected chi connectivity index (χ2v) is 6.43. The molecule has 1 fully saturated rings. The van der Waals surface area contributed by atoms with Crippen molar-refractivity contribution >= 4 is 9.84 Å². The molecule has 1 unspecified atom stereocenters. The maximum atomic E-state index is 12.3. The highest BCUT2D eigenvalue weighted by atomic mass is 32.2. The molecule has 88 valence electrons. The first kappa shape index (κ1) is 11.6. The van der Waals surface area contributed by atoms with Gasteiger partial charge in [0.15, 0.2) is 9.84 Å². The van der Waals surface area contributed by atoms with Crippen LogP contribution in [0.2, 0.25) is 0 Å². The van der Waals surface area contributed by atoms with Crippen molar-refractivity contribution in [3.05, 3.63) is 29.8 Å². The molecule has 1 aromatic carbocycles. The van der Waals surface area contributed by atoms with Gasteiger partial charge in [-0.2, -0.15) is 0 Å². The number of aryl methyl sites for hydroxylation is 1. The fourth-order valence-electron chi connectivity index (χ4n) is 2.04. The lowest BCUT2D eigenvalue weighted by atomic mass is 10.2. The molecule has 0 bridgehead atoms. The van der Waals surface area contributed by atoms with E-state index in [1.165, 1.54) is 0 Å². The lowest BCUT2D eigenvalue weighted by molar-refractivity contribution is 0.461. The Morgan fingerprint density at radius 2 is 2.12 bits per heavy atom. The van der Waals surface area contributed by atoms with Crippen molar-refractivity contribution in [3.63, 3.8) is 0 Å². The second-order valence-electron chi connectivity index (χ2n) is 4.30. The normalized spacial score (nSPS) is 21.9. The summed E-state index contributed by atoms with van der Waals surface area (Å²) >= 11 is 0. The van der Waals surface area contributed by atoms with E-state index in [1.807, 2.05) is 13.0 Å². The lowest BCUT2D eigenvalue weighted by Gasteiger charge is -2.23. The van der Waals surface area contributed by atoms with E-state index in [2.05, 4.69) is 5.32 Å². The van der Waals surface area contributed by atoms with Crippen LogP contribution < -0.4 is 5.32 Å². The Balaban J connectivity index is 2.30. The quantitative estimate of drug-likeness (QED) is 0.857. The average molecular weight is 239 g/mol. The number of benzene rings is 1. The Morgan fingerprint density at radius 3 is 2.75 bits per heavy atom. The van der Waals surface area contributed by atoms with Crippen molar-refractivity contribution < 1.29 is 8.42 Å². The van der Waals surface area contributed by atoms with Crippen LogP contribution in [0.4, 0.5) is 0 Å². The minimum Gasteiger partial charge on any atom is -0.301 e. The zero-order valence-electron chi connectivity index (χ0n) is 9.44. The molecule has 1 atom stereocenters. The molecular formula is C12H17NO2S. The summed E-state index contributed by atoms with van der Waals surface area (Å²) in [5, 5.41) is 2.69. The van der Waals surface area contributed by atoms with E-state index in [0.29, 0.717) is 4.90 Å². The Hall–Kier alpha value is -0.870. The van der Waals surface area contributed by atoms with E-state index in [1.54, 1.807) is 18.2 Å². The molecule has 4 heteroatoms. The number of hydrogen-bond acceptors (Lipinski definition) is 3. The molecule has 3 nitrogen and oxygen atoms in total. The monoisotopic (exact) mass is 239 g/mol. The largest absolute Gasteiger partial charge is 0.301 e. The van der Waals surface area contributed by atoms with Gasteiger partial charge in [-0.1, -0.05) is 12.1 Å². The Morgan fingerprint density at radius 1 is 1.31 bits per heavy atom. The molecule has 1 aliphatic rings. The van der Waals surface area contributed by atoms with E-state index >= 15 is 0 Å². The second kappa shape index (κ2) is 4.55. The third kappa shape index (κ3) is 2.28. The zero-order valence-corrected chi connectivity index (χ0v) is 10.3. The minimum atomic E-state index is -3.20. The van der Waals surface area contributed by atoms with Crippen molar-refractivity contribution in [2.45, 2.75) is 36.5 Å². The summed E-state index contributed by atoms with van der Waals surface area (Å²) in [6.07, 6.45) is 2.78. The molecule has 1 saturated heterocycles. The maximum absolute atomic E-state index is 12.3. The van der Waals surface area contributed by atoms with Crippen molar-refractivity contribution in [2.75, 3.05) is 6.54 Å². The number of rotatable bonds is 2. The molecule has 1 N–H and O–H groups in total. The first-order valence-electron chi connectivity index (χ1n) is 5.65. The van der Waals surface area contributed by atoms with Crippen molar-refractivity contribution in [3.8, 4) is 0 Å². The van der Waals surface area contributed by atoms with Crippen LogP contribution in [-0.4, -0.2) is 20.3 Å². The van der Waals surface area contributed by atoms with Gasteiger partial charge in [0.05, 0.1) is 4.90 Å². The average Bonchev–Trinajstić information content (AvgIpc) is 2.30. The van der Waals surface area contributed by atoms with Crippen LogP contribution in [0.25, 0.3) is 0 Å². The van der Waals surface area contributed by atoms with Gasteiger partial charge in [-0.3, -0.25) is 0 Å². The molecule has 0 aromatic heterocycles. The van der Waals surface area contributed by atoms with Gasteiger partial charge in [0, 0.05) is 0 Å². The molecule has 0 amide bonds. The maximum Gasteiger partial charge on any atom is 0.194 e. The number of sulfone groups is 1. The molecular weight excluding hydrogens is 222 g/mol. The predicted molar refractivity (Wildman–Crippen MR) is 64.0 cm³/mol. The van der Waals surface area contributed by atoms with Gasteiger partial charge in [-0.15, -0.1) is 0 Å². The molecule has 1 aliphatic heterocycles. The molecule has 2 rings (SSSR count). The van der Waals surface area contributed by atoms with E-state index in [4.69, 9.17) is 0 Å². The minimum absolute atomic E-state index is 0.400. The van der Waals surface area contributed by atoms with Gasteiger partial charge < -0.3 is 5.32 Å². The van der Waals surface area contributed by atoms with Crippen LogP contribution in [0.1, 0.15) is 24.8 Å². The molecule has 1 heterocycles. The Kier molecular flexibility index (Phi) is 3.30. The van der Waals surface area contributed by atoms with Crippen LogP contribution in [-0.2, 0) is 9.84 Å². The molecule has 0 aliphatic carbocycles. The number of piperidine rings is 1.